The Morgan fingerprint density at radius 3 is 2.48 bits per heavy atom. The first kappa shape index (κ1) is 30.9. The molecule has 4 aromatic rings. The summed E-state index contributed by atoms with van der Waals surface area (Å²) in [5.74, 6) is -3.44. The molecule has 2 aliphatic rings. The topological polar surface area (TPSA) is 113 Å². The molecule has 12 heteroatoms. The van der Waals surface area contributed by atoms with E-state index >= 15 is 8.78 Å². The fourth-order valence-corrected chi connectivity index (χ4v) is 5.86. The van der Waals surface area contributed by atoms with E-state index in [-0.39, 0.29) is 46.2 Å². The predicted molar refractivity (Wildman–Crippen MR) is 166 cm³/mol. The van der Waals surface area contributed by atoms with Crippen LogP contribution in [0.15, 0.2) is 79.0 Å². The van der Waals surface area contributed by atoms with Crippen molar-refractivity contribution in [2.24, 2.45) is 5.92 Å². The van der Waals surface area contributed by atoms with Gasteiger partial charge in [0.1, 0.15) is 11.8 Å². The summed E-state index contributed by atoms with van der Waals surface area (Å²) in [6.07, 6.45) is 1.43. The van der Waals surface area contributed by atoms with Gasteiger partial charge in [0.05, 0.1) is 50.4 Å². The lowest BCUT2D eigenvalue weighted by molar-refractivity contribution is -0.0448. The zero-order valence-electron chi connectivity index (χ0n) is 25.3. The SMILES string of the molecule is COc1ccc(C(=O)Nc2cnn3c2C(=O)N(c2ccc(C(F)(F)c4ccccc4)cc2)CC3CN(C)CC2COC2)cc1C#N. The summed E-state index contributed by atoms with van der Waals surface area (Å²) in [5.41, 5.74) is 0.872. The highest BCUT2D eigenvalue weighted by Gasteiger charge is 2.38. The van der Waals surface area contributed by atoms with E-state index in [1.54, 1.807) is 22.9 Å². The molecule has 1 aromatic heterocycles. The number of fused-ring (bicyclic) bond motifs is 1. The zero-order valence-corrected chi connectivity index (χ0v) is 25.3. The number of anilines is 2. The normalized spacial score (nSPS) is 16.5. The van der Waals surface area contributed by atoms with Gasteiger partial charge in [-0.2, -0.15) is 19.1 Å². The van der Waals surface area contributed by atoms with Crippen molar-refractivity contribution in [3.8, 4) is 11.8 Å². The molecule has 0 bridgehead atoms. The summed E-state index contributed by atoms with van der Waals surface area (Å²) in [6, 6.07) is 19.4. The second-order valence-electron chi connectivity index (χ2n) is 11.5. The van der Waals surface area contributed by atoms with Crippen LogP contribution in [0.25, 0.3) is 0 Å². The fraction of sp³-hybridized carbons (Fsp3) is 0.294. The smallest absolute Gasteiger partial charge is 0.298 e. The number of nitrogens with zero attached hydrogens (tertiary/aromatic N) is 5. The number of alkyl halides is 2. The van der Waals surface area contributed by atoms with Crippen LogP contribution in [0.4, 0.5) is 20.2 Å². The van der Waals surface area contributed by atoms with Gasteiger partial charge < -0.3 is 24.6 Å². The van der Waals surface area contributed by atoms with Crippen LogP contribution >= 0.6 is 0 Å². The molecule has 0 spiro atoms. The molecule has 2 amide bonds. The molecular formula is C34H32F2N6O4. The first-order valence-corrected chi connectivity index (χ1v) is 14.8. The van der Waals surface area contributed by atoms with Crippen molar-refractivity contribution in [3.63, 3.8) is 0 Å². The molecule has 1 atom stereocenters. The van der Waals surface area contributed by atoms with Crippen LogP contribution in [0, 0.1) is 17.2 Å². The van der Waals surface area contributed by atoms with Gasteiger partial charge in [-0.15, -0.1) is 0 Å². The van der Waals surface area contributed by atoms with Gasteiger partial charge in [-0.1, -0.05) is 42.5 Å². The number of benzene rings is 3. The highest BCUT2D eigenvalue weighted by Crippen LogP contribution is 2.37. The van der Waals surface area contributed by atoms with E-state index in [1.165, 1.54) is 72.8 Å². The van der Waals surface area contributed by atoms with Crippen LogP contribution in [0.1, 0.15) is 43.6 Å². The van der Waals surface area contributed by atoms with Gasteiger partial charge in [0.2, 0.25) is 0 Å². The van der Waals surface area contributed by atoms with Crippen LogP contribution in [0.3, 0.4) is 0 Å². The molecular weight excluding hydrogens is 594 g/mol. The summed E-state index contributed by atoms with van der Waals surface area (Å²) >= 11 is 0. The second kappa shape index (κ2) is 12.7. The van der Waals surface area contributed by atoms with Crippen molar-refractivity contribution in [2.45, 2.75) is 12.0 Å². The third-order valence-corrected chi connectivity index (χ3v) is 8.29. The van der Waals surface area contributed by atoms with Crippen molar-refractivity contribution in [1.29, 1.82) is 5.26 Å². The standard InChI is InChI=1S/C34H32F2N6O4/c1-40(17-22-20-46-21-22)18-28-19-41(27-11-9-26(10-12-27)34(35,36)25-6-4-3-5-7-25)33(44)31-29(16-38-42(28)31)39-32(43)23-8-13-30(45-2)24(14-23)15-37/h3-14,16,22,28H,17-21H2,1-2H3,(H,39,43). The lowest BCUT2D eigenvalue weighted by Gasteiger charge is -2.37. The molecule has 10 nitrogen and oxygen atoms in total. The average molecular weight is 627 g/mol. The quantitative estimate of drug-likeness (QED) is 0.266. The molecule has 236 valence electrons. The van der Waals surface area contributed by atoms with Gasteiger partial charge in [-0.25, -0.2) is 0 Å². The van der Waals surface area contributed by atoms with E-state index in [0.717, 1.165) is 6.54 Å². The maximum atomic E-state index is 15.3. The van der Waals surface area contributed by atoms with Crippen LogP contribution in [-0.2, 0) is 10.7 Å². The van der Waals surface area contributed by atoms with Gasteiger partial charge in [-0.05, 0) is 37.4 Å². The molecule has 6 rings (SSSR count). The Labute approximate surface area is 264 Å². The van der Waals surface area contributed by atoms with E-state index in [0.29, 0.717) is 37.1 Å². The number of nitriles is 1. The third-order valence-electron chi connectivity index (χ3n) is 8.29. The Morgan fingerprint density at radius 1 is 1.11 bits per heavy atom. The molecule has 0 saturated carbocycles. The van der Waals surface area contributed by atoms with E-state index in [1.807, 2.05) is 13.1 Å². The Bertz CT molecular complexity index is 1780. The molecule has 46 heavy (non-hydrogen) atoms. The lowest BCUT2D eigenvalue weighted by atomic mass is 10.00. The van der Waals surface area contributed by atoms with Gasteiger partial charge in [0, 0.05) is 41.4 Å². The molecule has 0 radical (unpaired) electrons. The van der Waals surface area contributed by atoms with E-state index in [4.69, 9.17) is 9.47 Å². The van der Waals surface area contributed by atoms with Crippen LogP contribution in [0.2, 0.25) is 0 Å². The number of halogens is 2. The lowest BCUT2D eigenvalue weighted by Crippen LogP contribution is -2.48. The second-order valence-corrected chi connectivity index (χ2v) is 11.5. The number of hydrogen-bond donors (Lipinski definition) is 1. The van der Waals surface area contributed by atoms with Crippen molar-refractivity contribution >= 4 is 23.2 Å². The molecule has 3 aromatic carbocycles. The summed E-state index contributed by atoms with van der Waals surface area (Å²) in [5, 5.41) is 16.7. The number of methoxy groups -OCH3 is 1. The maximum absolute atomic E-state index is 15.3. The Hall–Kier alpha value is -5.12. The molecule has 1 unspecified atom stereocenters. The van der Waals surface area contributed by atoms with E-state index in [9.17, 15) is 14.9 Å². The van der Waals surface area contributed by atoms with Crippen molar-refractivity contribution < 1.29 is 27.8 Å². The molecule has 2 aliphatic heterocycles. The fourth-order valence-electron chi connectivity index (χ4n) is 5.86. The number of nitrogens with one attached hydrogen (secondary N) is 1. The number of ether oxygens (including phenoxy) is 2. The zero-order chi connectivity index (χ0) is 32.4. The van der Waals surface area contributed by atoms with Crippen molar-refractivity contribution in [2.75, 3.05) is 57.2 Å². The average Bonchev–Trinajstić information content (AvgIpc) is 3.48. The largest absolute Gasteiger partial charge is 0.495 e. The number of aromatic nitrogens is 2. The van der Waals surface area contributed by atoms with Crippen LogP contribution in [-0.4, -0.2) is 73.5 Å². The Balaban J connectivity index is 1.30. The van der Waals surface area contributed by atoms with Gasteiger partial charge in [0.15, 0.2) is 5.69 Å². The molecule has 1 saturated heterocycles. The first-order chi connectivity index (χ1) is 22.2. The minimum Gasteiger partial charge on any atom is -0.495 e. The molecule has 0 aliphatic carbocycles. The Morgan fingerprint density at radius 2 is 1.83 bits per heavy atom. The summed E-state index contributed by atoms with van der Waals surface area (Å²) in [4.78, 5) is 31.0. The first-order valence-electron chi connectivity index (χ1n) is 14.8. The minimum absolute atomic E-state index is 0.125. The van der Waals surface area contributed by atoms with Crippen molar-refractivity contribution in [3.05, 3.63) is 107 Å². The Kier molecular flexibility index (Phi) is 8.53. The number of amides is 2. The van der Waals surface area contributed by atoms with Gasteiger partial charge >= 0.3 is 0 Å². The number of carbonyl (C=O) groups excluding carboxylic acids is 2. The predicted octanol–water partition coefficient (Wildman–Crippen LogP) is 4.94. The molecule has 1 N–H and O–H groups in total. The maximum Gasteiger partial charge on any atom is 0.298 e. The van der Waals surface area contributed by atoms with Gasteiger partial charge in [-0.3, -0.25) is 14.3 Å². The number of likely N-dealkylation sites (N-methyl/N-ethyl adjacent to an activating group) is 1. The van der Waals surface area contributed by atoms with Crippen LogP contribution in [0.5, 0.6) is 5.75 Å². The summed E-state index contributed by atoms with van der Waals surface area (Å²) < 4.78 is 42.7. The highest BCUT2D eigenvalue weighted by molar-refractivity contribution is 6.13. The van der Waals surface area contributed by atoms with Crippen LogP contribution < -0.4 is 15.0 Å². The number of hydrogen-bond acceptors (Lipinski definition) is 7. The number of rotatable bonds is 10. The molecule has 1 fully saturated rings. The van der Waals surface area contributed by atoms with E-state index < -0.39 is 17.7 Å². The minimum atomic E-state index is -3.22. The summed E-state index contributed by atoms with van der Waals surface area (Å²) in [7, 11) is 3.42. The molecule has 3 heterocycles. The highest BCUT2D eigenvalue weighted by atomic mass is 19.3. The van der Waals surface area contributed by atoms with Crippen molar-refractivity contribution in [1.82, 2.24) is 14.7 Å². The monoisotopic (exact) mass is 626 g/mol. The van der Waals surface area contributed by atoms with Gasteiger partial charge in [0.25, 0.3) is 17.7 Å². The van der Waals surface area contributed by atoms with E-state index in [2.05, 4.69) is 15.3 Å². The summed E-state index contributed by atoms with van der Waals surface area (Å²) in [6.45, 7) is 2.97. The number of carbonyl (C=O) groups is 2. The third kappa shape index (κ3) is 5.94.